The maximum absolute atomic E-state index is 12.8. The molecule has 2 heterocycles. The van der Waals surface area contributed by atoms with Gasteiger partial charge < -0.3 is 9.88 Å². The van der Waals surface area contributed by atoms with Gasteiger partial charge >= 0.3 is 0 Å². The van der Waals surface area contributed by atoms with E-state index < -0.39 is 4.92 Å². The molecule has 1 aliphatic rings. The summed E-state index contributed by atoms with van der Waals surface area (Å²) < 4.78 is 2.31. The van der Waals surface area contributed by atoms with Crippen molar-refractivity contribution in [3.8, 4) is 5.69 Å². The van der Waals surface area contributed by atoms with Gasteiger partial charge in [-0.1, -0.05) is 30.9 Å². The first kappa shape index (κ1) is 22.7. The van der Waals surface area contributed by atoms with Gasteiger partial charge in [0.25, 0.3) is 11.6 Å². The van der Waals surface area contributed by atoms with Crippen LogP contribution < -0.4 is 5.32 Å². The van der Waals surface area contributed by atoms with E-state index in [-0.39, 0.29) is 17.5 Å². The van der Waals surface area contributed by atoms with E-state index in [9.17, 15) is 19.7 Å². The van der Waals surface area contributed by atoms with Crippen LogP contribution in [0, 0.1) is 10.1 Å². The van der Waals surface area contributed by atoms with E-state index in [0.29, 0.717) is 35.2 Å². The molecule has 0 aliphatic carbocycles. The van der Waals surface area contributed by atoms with Crippen LogP contribution in [-0.2, 0) is 9.59 Å². The van der Waals surface area contributed by atoms with E-state index in [4.69, 9.17) is 12.2 Å². The van der Waals surface area contributed by atoms with Gasteiger partial charge in [-0.25, -0.2) is 0 Å². The molecule has 8 nitrogen and oxygen atoms in total. The number of rotatable bonds is 9. The Balaban J connectivity index is 1.69. The van der Waals surface area contributed by atoms with E-state index in [2.05, 4.69) is 5.32 Å². The molecule has 0 bridgehead atoms. The summed E-state index contributed by atoms with van der Waals surface area (Å²) in [5.74, 6) is -0.204. The number of thioether (sulfide) groups is 1. The van der Waals surface area contributed by atoms with Crippen molar-refractivity contribution in [3.05, 3.63) is 63.3 Å². The fourth-order valence-corrected chi connectivity index (χ4v) is 4.35. The lowest BCUT2D eigenvalue weighted by Gasteiger charge is -2.14. The average molecular weight is 459 g/mol. The third kappa shape index (κ3) is 5.59. The Labute approximate surface area is 189 Å². The third-order valence-corrected chi connectivity index (χ3v) is 6.01. The second kappa shape index (κ2) is 10.4. The number of nitro groups is 1. The summed E-state index contributed by atoms with van der Waals surface area (Å²) in [4.78, 5) is 37.0. The van der Waals surface area contributed by atoms with Gasteiger partial charge in [0.05, 0.1) is 9.83 Å². The summed E-state index contributed by atoms with van der Waals surface area (Å²) >= 11 is 6.59. The number of carbonyl (C=O) groups is 2. The molecule has 10 heteroatoms. The molecule has 0 spiro atoms. The number of carbonyl (C=O) groups excluding carboxylic acids is 2. The fraction of sp³-hybridized carbons (Fsp3) is 0.286. The summed E-state index contributed by atoms with van der Waals surface area (Å²) in [6.45, 7) is 3.03. The Hall–Kier alpha value is -2.98. The van der Waals surface area contributed by atoms with Gasteiger partial charge in [0, 0.05) is 49.2 Å². The molecule has 3 rings (SSSR count). The monoisotopic (exact) mass is 458 g/mol. The zero-order valence-corrected chi connectivity index (χ0v) is 18.6. The highest BCUT2D eigenvalue weighted by Gasteiger charge is 2.31. The molecule has 1 N–H and O–H groups in total. The van der Waals surface area contributed by atoms with E-state index in [1.807, 2.05) is 29.8 Å². The van der Waals surface area contributed by atoms with Crippen LogP contribution in [0.25, 0.3) is 11.8 Å². The van der Waals surface area contributed by atoms with Crippen LogP contribution in [0.5, 0.6) is 0 Å². The molecular formula is C21H22N4O4S2. The van der Waals surface area contributed by atoms with Gasteiger partial charge in [-0.15, -0.1) is 0 Å². The van der Waals surface area contributed by atoms with Gasteiger partial charge in [-0.3, -0.25) is 24.6 Å². The van der Waals surface area contributed by atoms with E-state index in [0.717, 1.165) is 17.8 Å². The average Bonchev–Trinajstić information content (AvgIpc) is 3.32. The topological polar surface area (TPSA) is 97.5 Å². The van der Waals surface area contributed by atoms with Crippen LogP contribution in [0.1, 0.15) is 31.9 Å². The van der Waals surface area contributed by atoms with Gasteiger partial charge in [-0.2, -0.15) is 0 Å². The molecule has 1 aromatic heterocycles. The predicted molar refractivity (Wildman–Crippen MR) is 125 cm³/mol. The Bertz CT molecular complexity index is 1030. The van der Waals surface area contributed by atoms with Crippen LogP contribution in [0.15, 0.2) is 47.5 Å². The standard InChI is InChI=1S/C21H22N4O4S2/c1-2-11-22-19(26)6-4-13-24-20(27)18(31-21(24)30)14-17-5-3-12-23(17)15-7-9-16(10-8-15)25(28)29/h3,5,7-10,12,14H,2,4,6,11,13H2,1H3,(H,22,26)/b18-14-. The Morgan fingerprint density at radius 2 is 2.03 bits per heavy atom. The predicted octanol–water partition coefficient (Wildman–Crippen LogP) is 3.89. The zero-order valence-electron chi connectivity index (χ0n) is 16.9. The normalized spacial score (nSPS) is 15.0. The van der Waals surface area contributed by atoms with E-state index in [1.165, 1.54) is 28.8 Å². The first-order valence-electron chi connectivity index (χ1n) is 9.85. The smallest absolute Gasteiger partial charge is 0.269 e. The van der Waals surface area contributed by atoms with Crippen molar-refractivity contribution in [3.63, 3.8) is 0 Å². The number of thiocarbonyl (C=S) groups is 1. The first-order chi connectivity index (χ1) is 14.9. The number of nitrogens with one attached hydrogen (secondary N) is 1. The second-order valence-electron chi connectivity index (χ2n) is 6.86. The van der Waals surface area contributed by atoms with Crippen molar-refractivity contribution < 1.29 is 14.5 Å². The van der Waals surface area contributed by atoms with Crippen molar-refractivity contribution in [1.82, 2.24) is 14.8 Å². The Kier molecular flexibility index (Phi) is 7.59. The molecule has 0 atom stereocenters. The highest BCUT2D eigenvalue weighted by molar-refractivity contribution is 8.26. The summed E-state index contributed by atoms with van der Waals surface area (Å²) in [5.41, 5.74) is 1.52. The van der Waals surface area contributed by atoms with Crippen LogP contribution in [0.2, 0.25) is 0 Å². The third-order valence-electron chi connectivity index (χ3n) is 4.63. The van der Waals surface area contributed by atoms with Crippen molar-refractivity contribution in [2.75, 3.05) is 13.1 Å². The molecule has 1 fully saturated rings. The molecule has 1 aliphatic heterocycles. The summed E-state index contributed by atoms with van der Waals surface area (Å²) in [6, 6.07) is 9.88. The summed E-state index contributed by atoms with van der Waals surface area (Å²) in [5, 5.41) is 13.7. The van der Waals surface area contributed by atoms with Crippen molar-refractivity contribution in [2.45, 2.75) is 26.2 Å². The quantitative estimate of drug-likeness (QED) is 0.265. The van der Waals surface area contributed by atoms with Crippen molar-refractivity contribution in [1.29, 1.82) is 0 Å². The fourth-order valence-electron chi connectivity index (χ4n) is 3.06. The van der Waals surface area contributed by atoms with Crippen LogP contribution in [0.4, 0.5) is 5.69 Å². The maximum Gasteiger partial charge on any atom is 0.269 e. The van der Waals surface area contributed by atoms with Crippen LogP contribution in [0.3, 0.4) is 0 Å². The molecular weight excluding hydrogens is 436 g/mol. The molecule has 1 aromatic carbocycles. The SMILES string of the molecule is CCCNC(=O)CCCN1C(=O)/C(=C/c2cccn2-c2ccc([N+](=O)[O-])cc2)SC1=S. The minimum atomic E-state index is -0.445. The van der Waals surface area contributed by atoms with Gasteiger partial charge in [-0.05, 0) is 43.2 Å². The molecule has 0 radical (unpaired) electrons. The Morgan fingerprint density at radius 3 is 2.71 bits per heavy atom. The van der Waals surface area contributed by atoms with Gasteiger partial charge in [0.1, 0.15) is 4.32 Å². The maximum atomic E-state index is 12.8. The van der Waals surface area contributed by atoms with Crippen molar-refractivity contribution >= 4 is 51.9 Å². The second-order valence-corrected chi connectivity index (χ2v) is 8.54. The first-order valence-corrected chi connectivity index (χ1v) is 11.1. The number of amides is 2. The molecule has 1 saturated heterocycles. The molecule has 2 amide bonds. The minimum Gasteiger partial charge on any atom is -0.356 e. The van der Waals surface area contributed by atoms with Crippen LogP contribution in [-0.4, -0.2) is 43.6 Å². The number of nitrogens with zero attached hydrogens (tertiary/aromatic N) is 3. The summed E-state index contributed by atoms with van der Waals surface area (Å²) in [7, 11) is 0. The largest absolute Gasteiger partial charge is 0.356 e. The minimum absolute atomic E-state index is 0.0155. The van der Waals surface area contributed by atoms with Gasteiger partial charge in [0.2, 0.25) is 5.91 Å². The number of hydrogen-bond acceptors (Lipinski definition) is 6. The summed E-state index contributed by atoms with van der Waals surface area (Å²) in [6.07, 6.45) is 5.34. The van der Waals surface area contributed by atoms with E-state index in [1.54, 1.807) is 18.2 Å². The number of non-ortho nitro benzene ring substituents is 1. The lowest BCUT2D eigenvalue weighted by atomic mass is 10.2. The number of aromatic nitrogens is 1. The number of nitro benzene ring substituents is 1. The highest BCUT2D eigenvalue weighted by Crippen LogP contribution is 2.33. The van der Waals surface area contributed by atoms with E-state index >= 15 is 0 Å². The zero-order chi connectivity index (χ0) is 22.4. The molecule has 162 valence electrons. The number of hydrogen-bond donors (Lipinski definition) is 1. The van der Waals surface area contributed by atoms with Crippen molar-refractivity contribution in [2.24, 2.45) is 0 Å². The van der Waals surface area contributed by atoms with Crippen LogP contribution >= 0.6 is 24.0 Å². The van der Waals surface area contributed by atoms with Gasteiger partial charge in [0.15, 0.2) is 0 Å². The molecule has 0 saturated carbocycles. The lowest BCUT2D eigenvalue weighted by molar-refractivity contribution is -0.384. The Morgan fingerprint density at radius 1 is 1.29 bits per heavy atom. The number of benzene rings is 1. The molecule has 31 heavy (non-hydrogen) atoms. The molecule has 0 unspecified atom stereocenters. The molecule has 2 aromatic rings. The lowest BCUT2D eigenvalue weighted by Crippen LogP contribution is -2.30. The highest BCUT2D eigenvalue weighted by atomic mass is 32.2.